The number of hydrogen-bond donors (Lipinski definition) is 0. The smallest absolute Gasteiger partial charge is 0.189 e. The Labute approximate surface area is 49.1 Å². The van der Waals surface area contributed by atoms with Crippen molar-refractivity contribution in [2.24, 2.45) is 0 Å². The van der Waals surface area contributed by atoms with Gasteiger partial charge >= 0.3 is 0 Å². The fourth-order valence-corrected chi connectivity index (χ4v) is 0. The van der Waals surface area contributed by atoms with Crippen molar-refractivity contribution in [1.82, 2.24) is 0 Å². The topological polar surface area (TPSA) is 0 Å². The molecular weight excluding hydrogens is 170 g/mol. The van der Waals surface area contributed by atoms with Gasteiger partial charge in [-0.25, -0.2) is 4.39 Å². The maximum Gasteiger partial charge on any atom is 0.189 e. The van der Waals surface area contributed by atoms with Gasteiger partial charge in [0.15, 0.2) is 5.08 Å². The van der Waals surface area contributed by atoms with E-state index < -0.39 is 5.08 Å². The highest BCUT2D eigenvalue weighted by atomic mass is 79.9. The molecule has 0 saturated carbocycles. The molecule has 0 fully saturated rings. The molecule has 1 unspecified atom stereocenters. The first-order chi connectivity index (χ1) is 2.64. The Kier molecular flexibility index (Phi) is 2.78. The summed E-state index contributed by atoms with van der Waals surface area (Å²) in [5.41, 5.74) is 0. The standard InChI is InChI=1S/C3H3BrClF/c1-2(5)3(4)6/h3H,1H2. The molecule has 0 heterocycles. The molecule has 0 nitrogen and oxygen atoms in total. The predicted octanol–water partition coefficient (Wildman–Crippen LogP) is 2.43. The molecule has 0 aliphatic rings. The van der Waals surface area contributed by atoms with Gasteiger partial charge in [0, 0.05) is 0 Å². The van der Waals surface area contributed by atoms with Crippen LogP contribution in [-0.2, 0) is 0 Å². The van der Waals surface area contributed by atoms with E-state index in [-0.39, 0.29) is 5.03 Å². The third-order valence-electron chi connectivity index (χ3n) is 0.237. The van der Waals surface area contributed by atoms with E-state index in [2.05, 4.69) is 22.5 Å². The van der Waals surface area contributed by atoms with E-state index in [9.17, 15) is 4.39 Å². The zero-order valence-corrected chi connectivity index (χ0v) is 5.26. The van der Waals surface area contributed by atoms with Gasteiger partial charge in [-0.05, 0) is 15.9 Å². The molecule has 0 aromatic rings. The van der Waals surface area contributed by atoms with Crippen LogP contribution in [0.15, 0.2) is 11.6 Å². The molecule has 6 heavy (non-hydrogen) atoms. The highest BCUT2D eigenvalue weighted by Gasteiger charge is 1.98. The normalized spacial score (nSPS) is 13.8. The second-order valence-corrected chi connectivity index (χ2v) is 2.04. The predicted molar refractivity (Wildman–Crippen MR) is 28.8 cm³/mol. The minimum Gasteiger partial charge on any atom is -0.229 e. The van der Waals surface area contributed by atoms with Crippen molar-refractivity contribution in [1.29, 1.82) is 0 Å². The molecule has 3 heteroatoms. The number of allylic oxidation sites excluding steroid dienone is 1. The van der Waals surface area contributed by atoms with Crippen LogP contribution in [0.25, 0.3) is 0 Å². The summed E-state index contributed by atoms with van der Waals surface area (Å²) in [5.74, 6) is 0. The second-order valence-electron chi connectivity index (χ2n) is 0.748. The van der Waals surface area contributed by atoms with Gasteiger partial charge in [-0.2, -0.15) is 0 Å². The third kappa shape index (κ3) is 2.67. The average Bonchev–Trinajstić information content (AvgIpc) is 1.36. The van der Waals surface area contributed by atoms with Gasteiger partial charge in [-0.3, -0.25) is 0 Å². The number of alkyl halides is 2. The number of rotatable bonds is 1. The monoisotopic (exact) mass is 172 g/mol. The summed E-state index contributed by atoms with van der Waals surface area (Å²) >= 11 is 7.54. The maximum atomic E-state index is 11.5. The zero-order chi connectivity index (χ0) is 5.15. The van der Waals surface area contributed by atoms with Crippen LogP contribution in [0.4, 0.5) is 4.39 Å². The van der Waals surface area contributed by atoms with E-state index in [1.165, 1.54) is 0 Å². The first-order valence-corrected chi connectivity index (χ1v) is 2.56. The zero-order valence-electron chi connectivity index (χ0n) is 2.92. The lowest BCUT2D eigenvalue weighted by Crippen LogP contribution is -1.80. The van der Waals surface area contributed by atoms with Crippen LogP contribution in [0.2, 0.25) is 0 Å². The van der Waals surface area contributed by atoms with Crippen LogP contribution in [0.5, 0.6) is 0 Å². The largest absolute Gasteiger partial charge is 0.229 e. The van der Waals surface area contributed by atoms with Crippen LogP contribution in [0, 0.1) is 0 Å². The van der Waals surface area contributed by atoms with Crippen molar-refractivity contribution in [3.8, 4) is 0 Å². The lowest BCUT2D eigenvalue weighted by atomic mass is 10.7. The summed E-state index contributed by atoms with van der Waals surface area (Å²) in [5, 5.41) is -1.28. The van der Waals surface area contributed by atoms with E-state index in [1.54, 1.807) is 0 Å². The van der Waals surface area contributed by atoms with Gasteiger partial charge in [0.1, 0.15) is 0 Å². The van der Waals surface area contributed by atoms with E-state index >= 15 is 0 Å². The Hall–Kier alpha value is 0.440. The molecule has 0 rings (SSSR count). The Morgan fingerprint density at radius 1 is 2.00 bits per heavy atom. The molecule has 0 saturated heterocycles. The van der Waals surface area contributed by atoms with Gasteiger partial charge in [-0.1, -0.05) is 18.2 Å². The first-order valence-electron chi connectivity index (χ1n) is 1.27. The summed E-state index contributed by atoms with van der Waals surface area (Å²) in [6, 6.07) is 0. The highest BCUT2D eigenvalue weighted by molar-refractivity contribution is 9.09. The van der Waals surface area contributed by atoms with Gasteiger partial charge in [-0.15, -0.1) is 0 Å². The molecule has 0 bridgehead atoms. The van der Waals surface area contributed by atoms with Crippen molar-refractivity contribution in [2.75, 3.05) is 0 Å². The van der Waals surface area contributed by atoms with Crippen LogP contribution in [0.3, 0.4) is 0 Å². The van der Waals surface area contributed by atoms with Crippen molar-refractivity contribution in [2.45, 2.75) is 5.08 Å². The summed E-state index contributed by atoms with van der Waals surface area (Å²) in [6.45, 7) is 3.10. The third-order valence-corrected chi connectivity index (χ3v) is 1.24. The fourth-order valence-electron chi connectivity index (χ4n) is 0. The van der Waals surface area contributed by atoms with Gasteiger partial charge < -0.3 is 0 Å². The number of hydrogen-bond acceptors (Lipinski definition) is 0. The van der Waals surface area contributed by atoms with Crippen LogP contribution in [0.1, 0.15) is 0 Å². The van der Waals surface area contributed by atoms with Gasteiger partial charge in [0.2, 0.25) is 0 Å². The molecule has 0 N–H and O–H groups in total. The van der Waals surface area contributed by atoms with Crippen molar-refractivity contribution in [3.63, 3.8) is 0 Å². The minimum atomic E-state index is -1.26. The van der Waals surface area contributed by atoms with E-state index in [0.717, 1.165) is 0 Å². The molecular formula is C3H3BrClF. The first kappa shape index (κ1) is 6.44. The Balaban J connectivity index is 3.26. The van der Waals surface area contributed by atoms with Crippen LogP contribution in [-0.4, -0.2) is 5.08 Å². The van der Waals surface area contributed by atoms with E-state index in [0.29, 0.717) is 0 Å². The molecule has 0 radical (unpaired) electrons. The molecule has 0 aliphatic heterocycles. The van der Waals surface area contributed by atoms with Crippen LogP contribution < -0.4 is 0 Å². The summed E-state index contributed by atoms with van der Waals surface area (Å²) in [6.07, 6.45) is 0. The number of halogens is 3. The lowest BCUT2D eigenvalue weighted by molar-refractivity contribution is 0.523. The van der Waals surface area contributed by atoms with Gasteiger partial charge in [0.25, 0.3) is 0 Å². The average molecular weight is 173 g/mol. The molecule has 0 aliphatic carbocycles. The van der Waals surface area contributed by atoms with Gasteiger partial charge in [0.05, 0.1) is 5.03 Å². The van der Waals surface area contributed by atoms with Crippen molar-refractivity contribution < 1.29 is 4.39 Å². The minimum absolute atomic E-state index is 0.0185. The lowest BCUT2D eigenvalue weighted by Gasteiger charge is -1.88. The Bertz CT molecular complexity index is 61.8. The summed E-state index contributed by atoms with van der Waals surface area (Å²) in [7, 11) is 0. The Morgan fingerprint density at radius 3 is 2.17 bits per heavy atom. The van der Waals surface area contributed by atoms with E-state index in [4.69, 9.17) is 11.6 Å². The van der Waals surface area contributed by atoms with E-state index in [1.807, 2.05) is 0 Å². The molecule has 0 aromatic carbocycles. The van der Waals surface area contributed by atoms with Crippen LogP contribution >= 0.6 is 27.5 Å². The summed E-state index contributed by atoms with van der Waals surface area (Å²) < 4.78 is 11.5. The molecule has 0 aromatic heterocycles. The molecule has 0 spiro atoms. The molecule has 1 atom stereocenters. The highest BCUT2D eigenvalue weighted by Crippen LogP contribution is 2.13. The second kappa shape index (κ2) is 2.59. The van der Waals surface area contributed by atoms with Crippen molar-refractivity contribution in [3.05, 3.63) is 11.6 Å². The Morgan fingerprint density at radius 2 is 2.17 bits per heavy atom. The SMILES string of the molecule is C=C(Cl)C(F)Br. The summed E-state index contributed by atoms with van der Waals surface area (Å²) in [4.78, 5) is 0. The fraction of sp³-hybridized carbons (Fsp3) is 0.333. The maximum absolute atomic E-state index is 11.5. The molecule has 0 amide bonds. The van der Waals surface area contributed by atoms with Crippen molar-refractivity contribution >= 4 is 27.5 Å². The quantitative estimate of drug-likeness (QED) is 0.534. The molecule has 36 valence electrons.